The van der Waals surface area contributed by atoms with Crippen LogP contribution >= 0.6 is 12.2 Å². The molecule has 0 heterocycles. The molecule has 0 bridgehead atoms. The average molecular weight is 406 g/mol. The number of nitrogens with one attached hydrogen (secondary N) is 2. The number of anilines is 2. The Hall–Kier alpha value is -2.12. The van der Waals surface area contributed by atoms with Gasteiger partial charge in [-0.1, -0.05) is 31.2 Å². The molecule has 0 saturated heterocycles. The summed E-state index contributed by atoms with van der Waals surface area (Å²) in [4.78, 5) is 0. The van der Waals surface area contributed by atoms with Crippen molar-refractivity contribution in [1.82, 2.24) is 5.32 Å². The van der Waals surface area contributed by atoms with Gasteiger partial charge >= 0.3 is 0 Å². The third-order valence-electron chi connectivity index (χ3n) is 4.61. The van der Waals surface area contributed by atoms with Gasteiger partial charge in [-0.15, -0.1) is 0 Å². The van der Waals surface area contributed by atoms with Crippen molar-refractivity contribution < 1.29 is 8.42 Å². The summed E-state index contributed by atoms with van der Waals surface area (Å²) in [5.74, 6) is 0. The van der Waals surface area contributed by atoms with Gasteiger partial charge in [-0.05, 0) is 67.4 Å². The number of rotatable bonds is 6. The molecule has 2 aromatic rings. The predicted octanol–water partition coefficient (Wildman–Crippen LogP) is 4.14. The van der Waals surface area contributed by atoms with Crippen molar-refractivity contribution >= 4 is 38.7 Å². The van der Waals surface area contributed by atoms with E-state index in [1.54, 1.807) is 18.2 Å². The molecular weight excluding hydrogens is 378 g/mol. The van der Waals surface area contributed by atoms with E-state index in [-0.39, 0.29) is 6.04 Å². The van der Waals surface area contributed by atoms with Gasteiger partial charge in [0.05, 0.1) is 18.0 Å². The van der Waals surface area contributed by atoms with Gasteiger partial charge in [0.2, 0.25) is 10.0 Å². The third kappa shape index (κ3) is 5.68. The SMILES string of the molecule is CCC(NC(=S)Nc1cccc(N(C)S(C)(=O)=O)c1)c1ccc(C)c(C)c1. The molecule has 7 heteroatoms. The highest BCUT2D eigenvalue weighted by atomic mass is 32.2. The van der Waals surface area contributed by atoms with Crippen LogP contribution in [0.1, 0.15) is 36.1 Å². The fourth-order valence-corrected chi connectivity index (χ4v) is 3.46. The molecule has 1 unspecified atom stereocenters. The van der Waals surface area contributed by atoms with Crippen molar-refractivity contribution in [3.63, 3.8) is 0 Å². The smallest absolute Gasteiger partial charge is 0.231 e. The Balaban J connectivity index is 2.11. The van der Waals surface area contributed by atoms with E-state index in [2.05, 4.69) is 49.6 Å². The minimum atomic E-state index is -3.31. The topological polar surface area (TPSA) is 61.4 Å². The maximum absolute atomic E-state index is 11.7. The molecule has 0 spiro atoms. The van der Waals surface area contributed by atoms with Crippen LogP contribution in [0.25, 0.3) is 0 Å². The molecule has 5 nitrogen and oxygen atoms in total. The van der Waals surface area contributed by atoms with Crippen LogP contribution in [0.15, 0.2) is 42.5 Å². The van der Waals surface area contributed by atoms with Crippen molar-refractivity contribution in [3.8, 4) is 0 Å². The zero-order chi connectivity index (χ0) is 20.2. The van der Waals surface area contributed by atoms with E-state index < -0.39 is 10.0 Å². The third-order valence-corrected chi connectivity index (χ3v) is 6.04. The normalized spacial score (nSPS) is 12.3. The lowest BCUT2D eigenvalue weighted by Crippen LogP contribution is -2.32. The van der Waals surface area contributed by atoms with Gasteiger partial charge in [0.1, 0.15) is 0 Å². The minimum Gasteiger partial charge on any atom is -0.356 e. The van der Waals surface area contributed by atoms with Crippen molar-refractivity contribution in [2.45, 2.75) is 33.2 Å². The molecule has 0 aliphatic carbocycles. The fraction of sp³-hybridized carbons (Fsp3) is 0.350. The molecule has 0 radical (unpaired) electrons. The summed E-state index contributed by atoms with van der Waals surface area (Å²) in [5, 5.41) is 6.99. The number of aryl methyl sites for hydroxylation is 2. The van der Waals surface area contributed by atoms with Gasteiger partial charge < -0.3 is 10.6 Å². The highest BCUT2D eigenvalue weighted by Gasteiger charge is 2.14. The largest absolute Gasteiger partial charge is 0.356 e. The number of hydrogen-bond donors (Lipinski definition) is 2. The number of hydrogen-bond acceptors (Lipinski definition) is 3. The number of sulfonamides is 1. The van der Waals surface area contributed by atoms with E-state index in [1.165, 1.54) is 34.3 Å². The molecule has 0 aromatic heterocycles. The molecule has 0 aliphatic heterocycles. The lowest BCUT2D eigenvalue weighted by atomic mass is 9.99. The molecule has 0 aliphatic rings. The van der Waals surface area contributed by atoms with Crippen LogP contribution in [0.5, 0.6) is 0 Å². The van der Waals surface area contributed by atoms with E-state index in [0.717, 1.165) is 12.1 Å². The Morgan fingerprint density at radius 3 is 2.44 bits per heavy atom. The van der Waals surface area contributed by atoms with Crippen LogP contribution in [-0.4, -0.2) is 26.8 Å². The average Bonchev–Trinajstić information content (AvgIpc) is 2.61. The van der Waals surface area contributed by atoms with E-state index in [0.29, 0.717) is 10.8 Å². The van der Waals surface area contributed by atoms with Crippen LogP contribution in [0, 0.1) is 13.8 Å². The van der Waals surface area contributed by atoms with Crippen LogP contribution in [0.2, 0.25) is 0 Å². The number of nitrogens with zero attached hydrogens (tertiary/aromatic N) is 1. The molecule has 2 N–H and O–H groups in total. The van der Waals surface area contributed by atoms with Gasteiger partial charge in [0.25, 0.3) is 0 Å². The maximum atomic E-state index is 11.7. The lowest BCUT2D eigenvalue weighted by Gasteiger charge is -2.22. The molecule has 2 rings (SSSR count). The highest BCUT2D eigenvalue weighted by Crippen LogP contribution is 2.22. The molecular formula is C20H27N3O2S2. The van der Waals surface area contributed by atoms with Gasteiger partial charge in [-0.3, -0.25) is 4.31 Å². The van der Waals surface area contributed by atoms with Crippen LogP contribution < -0.4 is 14.9 Å². The van der Waals surface area contributed by atoms with Crippen LogP contribution in [-0.2, 0) is 10.0 Å². The molecule has 1 atom stereocenters. The van der Waals surface area contributed by atoms with E-state index in [1.807, 2.05) is 6.07 Å². The van der Waals surface area contributed by atoms with Gasteiger partial charge in [0, 0.05) is 12.7 Å². The maximum Gasteiger partial charge on any atom is 0.231 e. The molecule has 146 valence electrons. The summed E-state index contributed by atoms with van der Waals surface area (Å²) in [7, 11) is -1.79. The predicted molar refractivity (Wildman–Crippen MR) is 118 cm³/mol. The second-order valence-electron chi connectivity index (χ2n) is 6.68. The molecule has 2 aromatic carbocycles. The van der Waals surface area contributed by atoms with Crippen molar-refractivity contribution in [3.05, 3.63) is 59.2 Å². The zero-order valence-corrected chi connectivity index (χ0v) is 18.0. The van der Waals surface area contributed by atoms with E-state index >= 15 is 0 Å². The standard InChI is InChI=1S/C20H27N3O2S2/c1-6-19(16-11-10-14(2)15(3)12-16)22-20(26)21-17-8-7-9-18(13-17)23(4)27(5,24)25/h7-13,19H,6H2,1-5H3,(H2,21,22,26). The summed E-state index contributed by atoms with van der Waals surface area (Å²) in [6.07, 6.45) is 2.07. The van der Waals surface area contributed by atoms with Crippen molar-refractivity contribution in [2.24, 2.45) is 0 Å². The Morgan fingerprint density at radius 1 is 1.15 bits per heavy atom. The van der Waals surface area contributed by atoms with Gasteiger partial charge in [-0.2, -0.15) is 0 Å². The van der Waals surface area contributed by atoms with Gasteiger partial charge in [0.15, 0.2) is 5.11 Å². The van der Waals surface area contributed by atoms with E-state index in [9.17, 15) is 8.42 Å². The summed E-state index contributed by atoms with van der Waals surface area (Å²) in [6.45, 7) is 6.31. The van der Waals surface area contributed by atoms with Crippen molar-refractivity contribution in [2.75, 3.05) is 22.9 Å². The molecule has 0 fully saturated rings. The first-order valence-electron chi connectivity index (χ1n) is 8.80. The quantitative estimate of drug-likeness (QED) is 0.708. The monoisotopic (exact) mass is 405 g/mol. The van der Waals surface area contributed by atoms with E-state index in [4.69, 9.17) is 12.2 Å². The number of benzene rings is 2. The first-order chi connectivity index (χ1) is 12.6. The number of thiocarbonyl (C=S) groups is 1. The molecule has 27 heavy (non-hydrogen) atoms. The summed E-state index contributed by atoms with van der Waals surface area (Å²) < 4.78 is 24.7. The lowest BCUT2D eigenvalue weighted by molar-refractivity contribution is 0.600. The Kier molecular flexibility index (Phi) is 6.84. The molecule has 0 amide bonds. The second-order valence-corrected chi connectivity index (χ2v) is 9.11. The Labute approximate surface area is 167 Å². The van der Waals surface area contributed by atoms with Crippen LogP contribution in [0.4, 0.5) is 11.4 Å². The fourth-order valence-electron chi connectivity index (χ4n) is 2.70. The first-order valence-corrected chi connectivity index (χ1v) is 11.1. The Morgan fingerprint density at radius 2 is 1.85 bits per heavy atom. The van der Waals surface area contributed by atoms with Crippen molar-refractivity contribution in [1.29, 1.82) is 0 Å². The second kappa shape index (κ2) is 8.71. The van der Waals surface area contributed by atoms with Gasteiger partial charge in [-0.25, -0.2) is 8.42 Å². The summed E-state index contributed by atoms with van der Waals surface area (Å²) in [6, 6.07) is 13.7. The highest BCUT2D eigenvalue weighted by molar-refractivity contribution is 7.92. The Bertz CT molecular complexity index is 927. The molecule has 0 saturated carbocycles. The minimum absolute atomic E-state index is 0.103. The summed E-state index contributed by atoms with van der Waals surface area (Å²) >= 11 is 5.47. The first kappa shape index (κ1) is 21.2. The van der Waals surface area contributed by atoms with Crippen LogP contribution in [0.3, 0.4) is 0 Å². The zero-order valence-electron chi connectivity index (χ0n) is 16.4. The summed E-state index contributed by atoms with van der Waals surface area (Å²) in [5.41, 5.74) is 5.02.